The second kappa shape index (κ2) is 13.4. The average molecular weight is 642 g/mol. The number of hydrogen-bond donors (Lipinski definition) is 6. The first-order valence-electron chi connectivity index (χ1n) is 15.6. The molecular formula is C31H51N3O11. The van der Waals surface area contributed by atoms with Gasteiger partial charge in [0.2, 0.25) is 0 Å². The summed E-state index contributed by atoms with van der Waals surface area (Å²) in [6, 6.07) is 9.31. The highest BCUT2D eigenvalue weighted by molar-refractivity contribution is 5.82. The highest BCUT2D eigenvalue weighted by atomic mass is 16.4. The van der Waals surface area contributed by atoms with Gasteiger partial charge in [-0.1, -0.05) is 39.0 Å². The maximum atomic E-state index is 12.1. The minimum atomic E-state index is -2.38. The van der Waals surface area contributed by atoms with Crippen molar-refractivity contribution in [2.24, 2.45) is 17.8 Å². The summed E-state index contributed by atoms with van der Waals surface area (Å²) in [6.07, 6.45) is -3.11. The van der Waals surface area contributed by atoms with Crippen molar-refractivity contribution in [2.75, 3.05) is 38.1 Å². The molecule has 256 valence electrons. The summed E-state index contributed by atoms with van der Waals surface area (Å²) in [4.78, 5) is 24.1. The van der Waals surface area contributed by atoms with Gasteiger partial charge in [0, 0.05) is 44.0 Å². The molecule has 3 unspecified atom stereocenters. The quantitative estimate of drug-likeness (QED) is 0.138. The molecule has 1 aliphatic carbocycles. The molecule has 45 heavy (non-hydrogen) atoms. The lowest BCUT2D eigenvalue weighted by Gasteiger charge is -2.68. The van der Waals surface area contributed by atoms with Crippen LogP contribution < -0.4 is 10.0 Å². The van der Waals surface area contributed by atoms with Gasteiger partial charge in [-0.15, -0.1) is 0 Å². The number of para-hydroxylation sites is 1. The molecule has 7 rings (SSSR count). The number of carbonyl (C=O) groups excluding carboxylic acids is 1. The Morgan fingerprint density at radius 1 is 1.07 bits per heavy atom. The molecule has 1 saturated carbocycles. The number of fused-ring (bicyclic) bond motifs is 2. The number of hydrogen-bond acceptors (Lipinski definition) is 10. The topological polar surface area (TPSA) is 248 Å². The molecule has 14 heteroatoms. The molecule has 0 amide bonds. The van der Waals surface area contributed by atoms with Crippen LogP contribution >= 0.6 is 0 Å². The van der Waals surface area contributed by atoms with Crippen LogP contribution in [0.1, 0.15) is 45.6 Å². The molecule has 1 spiro atoms. The predicted molar refractivity (Wildman–Crippen MR) is 161 cm³/mol. The molecule has 1 aromatic rings. The van der Waals surface area contributed by atoms with Gasteiger partial charge in [-0.05, 0) is 37.1 Å². The molecular weight excluding hydrogens is 590 g/mol. The summed E-state index contributed by atoms with van der Waals surface area (Å²) < 4.78 is 0.601. The summed E-state index contributed by atoms with van der Waals surface area (Å²) in [5.74, 6) is -3.04. The zero-order valence-corrected chi connectivity index (χ0v) is 26.4. The zero-order valence-electron chi connectivity index (χ0n) is 26.4. The van der Waals surface area contributed by atoms with Gasteiger partial charge in [0.25, 0.3) is 0 Å². The van der Waals surface area contributed by atoms with Gasteiger partial charge in [-0.2, -0.15) is 0 Å². The molecule has 14 nitrogen and oxygen atoms in total. The monoisotopic (exact) mass is 641 g/mol. The number of carboxylic acid groups (broad SMARTS) is 2. The second-order valence-electron chi connectivity index (χ2n) is 13.2. The lowest BCUT2D eigenvalue weighted by Crippen LogP contribution is -2.84. The van der Waals surface area contributed by atoms with E-state index in [9.17, 15) is 30.0 Å². The Bertz CT molecular complexity index is 1200. The Morgan fingerprint density at radius 3 is 2.22 bits per heavy atom. The number of piperidine rings is 4. The third-order valence-corrected chi connectivity index (χ3v) is 11.8. The maximum Gasteiger partial charge on any atom is 0.335 e. The van der Waals surface area contributed by atoms with E-state index in [-0.39, 0.29) is 52.4 Å². The molecule has 4 saturated heterocycles. The number of anilines is 1. The van der Waals surface area contributed by atoms with E-state index in [1.807, 2.05) is 0 Å². The number of aliphatic hydroxyl groups excluding tert-OH is 5. The number of quaternary nitrogens is 1. The van der Waals surface area contributed by atoms with Gasteiger partial charge in [0.15, 0.2) is 12.3 Å². The summed E-state index contributed by atoms with van der Waals surface area (Å²) in [6.45, 7) is 9.58. The lowest BCUT2D eigenvalue weighted by molar-refractivity contribution is -1.04. The van der Waals surface area contributed by atoms with Gasteiger partial charge in [0.1, 0.15) is 24.8 Å². The molecule has 0 aromatic heterocycles. The van der Waals surface area contributed by atoms with Crippen LogP contribution in [0, 0.1) is 17.8 Å². The Labute approximate surface area is 263 Å². The smallest absolute Gasteiger partial charge is 0.335 e. The van der Waals surface area contributed by atoms with Gasteiger partial charge < -0.3 is 61.3 Å². The highest BCUT2D eigenvalue weighted by Crippen LogP contribution is 2.71. The number of aliphatic hydroxyl groups is 5. The molecule has 5 heterocycles. The standard InChI is InChI=1S/C27H42N3O3.C4H6O6.2H2O/c1-5-17-18-12-21-24-27(19-10-8-9-11-20(19)28(24)4)13-22(23(18)25(27)32)30(21,26(17)33)15-16(31)14-29(6-2)7-3;5-1(3(7)8)2(6)4(9)10;;/h8-11,16-18,21-26,31-33H,5-7,12-15H2,1-4H3;1-2,5-6H,(H,7,8)(H,9,10);2*1H2/q+1;;;/p-1/t16?,17-,18-,21-,22-,23?,24-,25+,26+,27+,30?;1-,2-;;/m01../s1. The average Bonchev–Trinajstić information content (AvgIpc) is 3.37. The van der Waals surface area contributed by atoms with Crippen LogP contribution in [0.25, 0.3) is 0 Å². The fraction of sp³-hybridized carbons (Fsp3) is 0.742. The molecule has 6 aliphatic rings. The van der Waals surface area contributed by atoms with E-state index in [0.717, 1.165) is 32.4 Å². The van der Waals surface area contributed by atoms with Crippen molar-refractivity contribution in [3.05, 3.63) is 29.8 Å². The minimum absolute atomic E-state index is 0. The van der Waals surface area contributed by atoms with Crippen molar-refractivity contribution >= 4 is 17.6 Å². The Hall–Kier alpha value is -2.40. The number of aliphatic carboxylic acids is 2. The van der Waals surface area contributed by atoms with Crippen LogP contribution in [0.3, 0.4) is 0 Å². The van der Waals surface area contributed by atoms with Gasteiger partial charge >= 0.3 is 5.97 Å². The van der Waals surface area contributed by atoms with Crippen molar-refractivity contribution in [1.29, 1.82) is 0 Å². The summed E-state index contributed by atoms with van der Waals surface area (Å²) >= 11 is 0. The van der Waals surface area contributed by atoms with Crippen LogP contribution in [0.4, 0.5) is 5.69 Å². The number of likely N-dealkylation sites (N-methyl/N-ethyl adjacent to an activating group) is 2. The van der Waals surface area contributed by atoms with Crippen LogP contribution in [-0.4, -0.2) is 145 Å². The van der Waals surface area contributed by atoms with Crippen LogP contribution in [-0.2, 0) is 15.0 Å². The number of carbonyl (C=O) groups is 2. The van der Waals surface area contributed by atoms with E-state index in [4.69, 9.17) is 15.3 Å². The molecule has 0 radical (unpaired) electrons. The summed E-state index contributed by atoms with van der Waals surface area (Å²) in [5, 5.41) is 69.6. The molecule has 13 atom stereocenters. The third-order valence-electron chi connectivity index (χ3n) is 11.8. The fourth-order valence-corrected chi connectivity index (χ4v) is 10.2. The third kappa shape index (κ3) is 5.15. The largest absolute Gasteiger partial charge is 0.547 e. The maximum absolute atomic E-state index is 12.1. The first-order chi connectivity index (χ1) is 20.3. The van der Waals surface area contributed by atoms with E-state index >= 15 is 0 Å². The van der Waals surface area contributed by atoms with Crippen molar-refractivity contribution in [1.82, 2.24) is 4.90 Å². The Morgan fingerprint density at radius 2 is 1.69 bits per heavy atom. The molecule has 5 aliphatic heterocycles. The van der Waals surface area contributed by atoms with Crippen molar-refractivity contribution < 1.29 is 60.8 Å². The van der Waals surface area contributed by atoms with Gasteiger partial charge in [0.05, 0.1) is 29.6 Å². The van der Waals surface area contributed by atoms with Crippen molar-refractivity contribution in [3.63, 3.8) is 0 Å². The summed E-state index contributed by atoms with van der Waals surface area (Å²) in [7, 11) is 2.19. The molecule has 10 N–H and O–H groups in total. The van der Waals surface area contributed by atoms with E-state index in [1.165, 1.54) is 11.3 Å². The van der Waals surface area contributed by atoms with E-state index < -0.39 is 36.5 Å². The zero-order chi connectivity index (χ0) is 31.6. The van der Waals surface area contributed by atoms with Crippen LogP contribution in [0.2, 0.25) is 0 Å². The van der Waals surface area contributed by atoms with E-state index in [1.54, 1.807) is 0 Å². The molecule has 5 bridgehead atoms. The van der Waals surface area contributed by atoms with Crippen molar-refractivity contribution in [3.8, 4) is 0 Å². The second-order valence-corrected chi connectivity index (χ2v) is 13.2. The van der Waals surface area contributed by atoms with Crippen molar-refractivity contribution in [2.45, 2.75) is 94.2 Å². The SMILES string of the molecule is CC[C@H]1[C@@H]2C[C@H]3[C@@H]4N(C)c5ccccc5[C@]45C[C@@H](C2[C@H]5O)[N+]3(CC(O)CN(CC)CC)[C@@H]1O.O.O.O=C([O-])[C@H](O)[C@@H](O)C(=O)O. The lowest BCUT2D eigenvalue weighted by atomic mass is 9.60. The minimum Gasteiger partial charge on any atom is -0.547 e. The van der Waals surface area contributed by atoms with Gasteiger partial charge in [-0.25, -0.2) is 4.79 Å². The summed E-state index contributed by atoms with van der Waals surface area (Å²) in [5.41, 5.74) is 2.32. The highest BCUT2D eigenvalue weighted by Gasteiger charge is 2.83. The van der Waals surface area contributed by atoms with Crippen LogP contribution in [0.15, 0.2) is 24.3 Å². The van der Waals surface area contributed by atoms with E-state index in [2.05, 4.69) is 61.9 Å². The molecule has 1 aromatic carbocycles. The first kappa shape index (κ1) is 37.1. The number of carboxylic acids is 2. The normalized spacial score (nSPS) is 38.2. The van der Waals surface area contributed by atoms with Gasteiger partial charge in [-0.3, -0.25) is 4.48 Å². The molecule has 5 fully saturated rings. The number of rotatable bonds is 10. The first-order valence-corrected chi connectivity index (χ1v) is 15.6. The predicted octanol–water partition coefficient (Wildman–Crippen LogP) is -3.33. The van der Waals surface area contributed by atoms with Crippen LogP contribution in [0.5, 0.6) is 0 Å². The van der Waals surface area contributed by atoms with E-state index in [0.29, 0.717) is 23.5 Å². The Kier molecular flexibility index (Phi) is 11.0. The number of nitrogens with zero attached hydrogens (tertiary/aromatic N) is 3. The number of benzene rings is 1. The fourth-order valence-electron chi connectivity index (χ4n) is 10.2. The Balaban J connectivity index is 0.000000402.